The summed E-state index contributed by atoms with van der Waals surface area (Å²) < 4.78 is 11.8. The Balaban J connectivity index is 1.76. The molecule has 2 aliphatic heterocycles. The lowest BCUT2D eigenvalue weighted by Crippen LogP contribution is -2.59. The number of fused-ring (bicyclic) bond motifs is 2. The van der Waals surface area contributed by atoms with Gasteiger partial charge in [-0.05, 0) is 43.8 Å². The lowest BCUT2D eigenvalue weighted by molar-refractivity contribution is -0.0817. The standard InChI is InChI=1S/C16H33NO3Si/c1-15(2,3)21(4,5)20-8-6-7-16(18)9-13-11-19-12-14(10-16)17-13/h13-14,17-18H,6-12H2,1-5H3. The van der Waals surface area contributed by atoms with Gasteiger partial charge >= 0.3 is 0 Å². The molecule has 2 aliphatic rings. The third-order valence-corrected chi connectivity index (χ3v) is 9.96. The van der Waals surface area contributed by atoms with Crippen molar-refractivity contribution in [3.8, 4) is 0 Å². The molecule has 124 valence electrons. The van der Waals surface area contributed by atoms with Gasteiger partial charge in [0.2, 0.25) is 0 Å². The lowest BCUT2D eigenvalue weighted by Gasteiger charge is -2.45. The molecule has 4 nitrogen and oxygen atoms in total. The van der Waals surface area contributed by atoms with Gasteiger partial charge in [-0.25, -0.2) is 0 Å². The van der Waals surface area contributed by atoms with Crippen molar-refractivity contribution < 1.29 is 14.3 Å². The molecule has 2 heterocycles. The van der Waals surface area contributed by atoms with Gasteiger partial charge in [-0.1, -0.05) is 20.8 Å². The third kappa shape index (κ3) is 4.52. The van der Waals surface area contributed by atoms with Crippen molar-refractivity contribution in [2.45, 2.75) is 82.3 Å². The first-order chi connectivity index (χ1) is 9.61. The highest BCUT2D eigenvalue weighted by molar-refractivity contribution is 6.74. The van der Waals surface area contributed by atoms with Crippen LogP contribution in [0.25, 0.3) is 0 Å². The fourth-order valence-corrected chi connectivity index (χ4v) is 4.26. The maximum absolute atomic E-state index is 10.8. The molecule has 2 unspecified atom stereocenters. The van der Waals surface area contributed by atoms with Crippen LogP contribution in [0, 0.1) is 0 Å². The van der Waals surface area contributed by atoms with E-state index in [-0.39, 0.29) is 5.04 Å². The van der Waals surface area contributed by atoms with Gasteiger partial charge < -0.3 is 19.6 Å². The molecule has 0 radical (unpaired) electrons. The molecule has 0 aromatic carbocycles. The van der Waals surface area contributed by atoms with Crippen molar-refractivity contribution in [2.24, 2.45) is 0 Å². The number of morpholine rings is 1. The molecule has 0 aromatic heterocycles. The molecule has 2 rings (SSSR count). The van der Waals surface area contributed by atoms with Gasteiger partial charge in [-0.2, -0.15) is 0 Å². The van der Waals surface area contributed by atoms with Gasteiger partial charge in [-0.15, -0.1) is 0 Å². The van der Waals surface area contributed by atoms with Gasteiger partial charge in [0.15, 0.2) is 8.32 Å². The molecule has 2 atom stereocenters. The van der Waals surface area contributed by atoms with E-state index >= 15 is 0 Å². The number of aliphatic hydroxyl groups is 1. The highest BCUT2D eigenvalue weighted by Crippen LogP contribution is 2.37. The van der Waals surface area contributed by atoms with E-state index in [1.54, 1.807) is 0 Å². The minimum absolute atomic E-state index is 0.257. The second kappa shape index (κ2) is 6.28. The maximum atomic E-state index is 10.8. The summed E-state index contributed by atoms with van der Waals surface area (Å²) in [5.41, 5.74) is -0.527. The quantitative estimate of drug-likeness (QED) is 0.605. The van der Waals surface area contributed by atoms with E-state index in [0.29, 0.717) is 12.1 Å². The van der Waals surface area contributed by atoms with Gasteiger partial charge in [0.1, 0.15) is 0 Å². The van der Waals surface area contributed by atoms with Crippen LogP contribution in [0.15, 0.2) is 0 Å². The molecule has 0 amide bonds. The van der Waals surface area contributed by atoms with Crippen LogP contribution in [0.5, 0.6) is 0 Å². The monoisotopic (exact) mass is 315 g/mol. The summed E-state index contributed by atoms with van der Waals surface area (Å²) in [6.45, 7) is 13.6. The Morgan fingerprint density at radius 1 is 1.24 bits per heavy atom. The Morgan fingerprint density at radius 2 is 1.81 bits per heavy atom. The highest BCUT2D eigenvalue weighted by Gasteiger charge is 2.41. The molecule has 5 heteroatoms. The van der Waals surface area contributed by atoms with Crippen molar-refractivity contribution >= 4 is 8.32 Å². The third-order valence-electron chi connectivity index (χ3n) is 5.42. The Hall–Kier alpha value is 0.0569. The number of hydrogen-bond acceptors (Lipinski definition) is 4. The second-order valence-corrected chi connectivity index (χ2v) is 13.3. The van der Waals surface area contributed by atoms with Crippen LogP contribution in [0.1, 0.15) is 46.5 Å². The summed E-state index contributed by atoms with van der Waals surface area (Å²) in [6, 6.07) is 0.646. The lowest BCUT2D eigenvalue weighted by atomic mass is 9.80. The van der Waals surface area contributed by atoms with E-state index in [2.05, 4.69) is 39.2 Å². The zero-order valence-corrected chi connectivity index (χ0v) is 15.4. The Bertz CT molecular complexity index is 342. The number of ether oxygens (including phenoxy) is 1. The van der Waals surface area contributed by atoms with E-state index in [1.165, 1.54) is 0 Å². The van der Waals surface area contributed by atoms with Crippen LogP contribution < -0.4 is 5.32 Å². The van der Waals surface area contributed by atoms with Crippen LogP contribution >= 0.6 is 0 Å². The second-order valence-electron chi connectivity index (χ2n) is 8.44. The van der Waals surface area contributed by atoms with Crippen LogP contribution in [-0.2, 0) is 9.16 Å². The topological polar surface area (TPSA) is 50.7 Å². The Morgan fingerprint density at radius 3 is 2.33 bits per heavy atom. The minimum atomic E-state index is -1.65. The largest absolute Gasteiger partial charge is 0.417 e. The summed E-state index contributed by atoms with van der Waals surface area (Å²) in [6.07, 6.45) is 3.41. The van der Waals surface area contributed by atoms with E-state index in [0.717, 1.165) is 45.5 Å². The number of nitrogens with one attached hydrogen (secondary N) is 1. The maximum Gasteiger partial charge on any atom is 0.191 e. The SMILES string of the molecule is CC(C)(C)[Si](C)(C)OCCCC1(O)CC2COCC(C1)N2. The summed E-state index contributed by atoms with van der Waals surface area (Å²) in [4.78, 5) is 0. The predicted octanol–water partition coefficient (Wildman–Crippen LogP) is 2.67. The van der Waals surface area contributed by atoms with Crippen molar-refractivity contribution in [3.63, 3.8) is 0 Å². The first-order valence-corrected chi connectivity index (χ1v) is 11.2. The zero-order valence-electron chi connectivity index (χ0n) is 14.4. The van der Waals surface area contributed by atoms with Crippen molar-refractivity contribution in [3.05, 3.63) is 0 Å². The molecule has 2 bridgehead atoms. The normalized spacial score (nSPS) is 34.0. The van der Waals surface area contributed by atoms with Gasteiger partial charge in [0.25, 0.3) is 0 Å². The average molecular weight is 316 g/mol. The van der Waals surface area contributed by atoms with Crippen LogP contribution in [0.3, 0.4) is 0 Å². The Kier molecular flexibility index (Phi) is 5.21. The number of piperidine rings is 1. The molecule has 0 saturated carbocycles. The first kappa shape index (κ1) is 17.4. The van der Waals surface area contributed by atoms with E-state index in [1.807, 2.05) is 0 Å². The summed E-state index contributed by atoms with van der Waals surface area (Å²) >= 11 is 0. The van der Waals surface area contributed by atoms with Crippen LogP contribution in [-0.4, -0.2) is 50.9 Å². The van der Waals surface area contributed by atoms with Gasteiger partial charge in [0.05, 0.1) is 18.8 Å². The molecule has 0 aliphatic carbocycles. The van der Waals surface area contributed by atoms with E-state index in [9.17, 15) is 5.11 Å². The minimum Gasteiger partial charge on any atom is -0.417 e. The number of hydrogen-bond donors (Lipinski definition) is 2. The number of rotatable bonds is 5. The predicted molar refractivity (Wildman–Crippen MR) is 88.1 cm³/mol. The van der Waals surface area contributed by atoms with Crippen LogP contribution in [0.4, 0.5) is 0 Å². The summed E-state index contributed by atoms with van der Waals surface area (Å²) in [5, 5.41) is 14.6. The molecule has 21 heavy (non-hydrogen) atoms. The zero-order chi connectivity index (χ0) is 15.7. The Labute approximate surface area is 130 Å². The molecule has 2 saturated heterocycles. The van der Waals surface area contributed by atoms with E-state index in [4.69, 9.17) is 9.16 Å². The van der Waals surface area contributed by atoms with Gasteiger partial charge in [-0.3, -0.25) is 0 Å². The van der Waals surface area contributed by atoms with Crippen molar-refractivity contribution in [2.75, 3.05) is 19.8 Å². The summed E-state index contributed by atoms with van der Waals surface area (Å²) in [5.74, 6) is 0. The highest BCUT2D eigenvalue weighted by atomic mass is 28.4. The summed E-state index contributed by atoms with van der Waals surface area (Å²) in [7, 11) is -1.65. The van der Waals surface area contributed by atoms with Crippen molar-refractivity contribution in [1.82, 2.24) is 5.32 Å². The van der Waals surface area contributed by atoms with E-state index < -0.39 is 13.9 Å². The molecule has 2 N–H and O–H groups in total. The molecular weight excluding hydrogens is 282 g/mol. The smallest absolute Gasteiger partial charge is 0.191 e. The molecule has 2 fully saturated rings. The average Bonchev–Trinajstić information content (AvgIpc) is 2.32. The van der Waals surface area contributed by atoms with Crippen LogP contribution in [0.2, 0.25) is 18.1 Å². The fraction of sp³-hybridized carbons (Fsp3) is 1.00. The fourth-order valence-electron chi connectivity index (χ4n) is 3.17. The molecular formula is C16H33NO3Si. The van der Waals surface area contributed by atoms with Gasteiger partial charge in [0, 0.05) is 18.7 Å². The molecule has 0 spiro atoms. The van der Waals surface area contributed by atoms with Crippen molar-refractivity contribution in [1.29, 1.82) is 0 Å². The molecule has 0 aromatic rings. The first-order valence-electron chi connectivity index (χ1n) is 8.31.